The van der Waals surface area contributed by atoms with Crippen molar-refractivity contribution in [3.8, 4) is 0 Å². The smallest absolute Gasteiger partial charge is 0.117 e. The average molecular weight is 216 g/mol. The molecule has 0 unspecified atom stereocenters. The summed E-state index contributed by atoms with van der Waals surface area (Å²) in [7, 11) is 0. The fourth-order valence-electron chi connectivity index (χ4n) is 3.69. The van der Waals surface area contributed by atoms with Crippen molar-refractivity contribution in [2.75, 3.05) is 0 Å². The van der Waals surface area contributed by atoms with Crippen molar-refractivity contribution in [1.82, 2.24) is 0 Å². The van der Waals surface area contributed by atoms with Gasteiger partial charge in [0.15, 0.2) is 0 Å². The Bertz CT molecular complexity index is 442. The van der Waals surface area contributed by atoms with Gasteiger partial charge in [-0.05, 0) is 49.1 Å². The molecule has 0 saturated heterocycles. The molecule has 1 nitrogen and oxygen atoms in total. The van der Waals surface area contributed by atoms with Crippen LogP contribution in [0.2, 0.25) is 0 Å². The number of hydrogen-bond acceptors (Lipinski definition) is 1. The van der Waals surface area contributed by atoms with Gasteiger partial charge in [-0.1, -0.05) is 26.0 Å². The third-order valence-electron chi connectivity index (χ3n) is 5.35. The molecule has 0 radical (unpaired) electrons. The van der Waals surface area contributed by atoms with E-state index in [1.807, 2.05) is 6.26 Å². The van der Waals surface area contributed by atoms with E-state index in [9.17, 15) is 0 Å². The average Bonchev–Trinajstić information content (AvgIpc) is 2.71. The molecule has 0 spiro atoms. The summed E-state index contributed by atoms with van der Waals surface area (Å²) >= 11 is 0. The Morgan fingerprint density at radius 2 is 2.19 bits per heavy atom. The van der Waals surface area contributed by atoms with Crippen LogP contribution in [0.5, 0.6) is 0 Å². The van der Waals surface area contributed by atoms with Gasteiger partial charge in [-0.15, -0.1) is 0 Å². The normalized spacial score (nSPS) is 41.6. The van der Waals surface area contributed by atoms with Crippen LogP contribution in [0.1, 0.15) is 44.9 Å². The molecule has 0 aliphatic heterocycles. The molecule has 86 valence electrons. The van der Waals surface area contributed by atoms with Crippen molar-refractivity contribution >= 4 is 0 Å². The van der Waals surface area contributed by atoms with Crippen LogP contribution in [0.25, 0.3) is 0 Å². The maximum absolute atomic E-state index is 5.79. The van der Waals surface area contributed by atoms with Crippen LogP contribution >= 0.6 is 0 Å². The number of fused-ring (bicyclic) bond motifs is 3. The first-order valence-corrected chi connectivity index (χ1v) is 6.32. The second-order valence-corrected chi connectivity index (χ2v) is 5.93. The Labute approximate surface area is 97.5 Å². The van der Waals surface area contributed by atoms with Gasteiger partial charge in [0.25, 0.3) is 0 Å². The zero-order valence-corrected chi connectivity index (χ0v) is 10.4. The summed E-state index contributed by atoms with van der Waals surface area (Å²) in [5.41, 5.74) is 1.87. The largest absolute Gasteiger partial charge is 0.468 e. The number of aryl methyl sites for hydroxylation is 1. The number of hydrogen-bond donors (Lipinski definition) is 0. The number of rotatable bonds is 0. The standard InChI is InChI=1S/C15H20O/c1-11-5-4-8-15(3)13-12(7-10-16-13)6-9-14(11,15)2/h4,7-8,10-11H,5-6,9H2,1-3H3/t11-,14-,15-/m0/s1. The van der Waals surface area contributed by atoms with Gasteiger partial charge in [0, 0.05) is 5.41 Å². The molecule has 1 aromatic rings. The molecule has 1 heterocycles. The van der Waals surface area contributed by atoms with E-state index in [0.29, 0.717) is 5.41 Å². The van der Waals surface area contributed by atoms with Crippen molar-refractivity contribution in [3.05, 3.63) is 35.8 Å². The molecule has 16 heavy (non-hydrogen) atoms. The van der Waals surface area contributed by atoms with Gasteiger partial charge in [0.1, 0.15) is 5.76 Å². The molecule has 2 aliphatic rings. The quantitative estimate of drug-likeness (QED) is 0.595. The molecule has 0 amide bonds. The van der Waals surface area contributed by atoms with Gasteiger partial charge in [0.05, 0.1) is 6.26 Å². The molecule has 0 N–H and O–H groups in total. The van der Waals surface area contributed by atoms with Crippen LogP contribution in [-0.4, -0.2) is 0 Å². The summed E-state index contributed by atoms with van der Waals surface area (Å²) in [5.74, 6) is 1.95. The first-order chi connectivity index (χ1) is 7.58. The predicted octanol–water partition coefficient (Wildman–Crippen LogP) is 4.09. The Morgan fingerprint density at radius 3 is 3.00 bits per heavy atom. The molecule has 0 bridgehead atoms. The van der Waals surface area contributed by atoms with Crippen molar-refractivity contribution < 1.29 is 4.42 Å². The molecule has 0 aromatic carbocycles. The third kappa shape index (κ3) is 1.02. The summed E-state index contributed by atoms with van der Waals surface area (Å²) in [6.45, 7) is 7.17. The highest BCUT2D eigenvalue weighted by Crippen LogP contribution is 2.57. The SMILES string of the molecule is C[C@H]1CC=C[C@@]2(C)c3occc3CC[C@@]12C. The first-order valence-electron chi connectivity index (χ1n) is 6.32. The molecule has 3 atom stereocenters. The third-order valence-corrected chi connectivity index (χ3v) is 5.35. The van der Waals surface area contributed by atoms with Crippen LogP contribution in [0.3, 0.4) is 0 Å². The minimum atomic E-state index is 0.0990. The first kappa shape index (κ1) is 10.2. The summed E-state index contributed by atoms with van der Waals surface area (Å²) in [6, 6.07) is 2.15. The summed E-state index contributed by atoms with van der Waals surface area (Å²) in [5, 5.41) is 0. The Morgan fingerprint density at radius 1 is 1.38 bits per heavy atom. The molecule has 2 aliphatic carbocycles. The topological polar surface area (TPSA) is 13.1 Å². The zero-order valence-electron chi connectivity index (χ0n) is 10.4. The van der Waals surface area contributed by atoms with E-state index < -0.39 is 0 Å². The molecule has 3 rings (SSSR count). The lowest BCUT2D eigenvalue weighted by Gasteiger charge is -2.53. The highest BCUT2D eigenvalue weighted by Gasteiger charge is 2.53. The Kier molecular flexibility index (Phi) is 1.93. The molecule has 1 heteroatoms. The van der Waals surface area contributed by atoms with Crippen molar-refractivity contribution in [3.63, 3.8) is 0 Å². The van der Waals surface area contributed by atoms with Gasteiger partial charge in [-0.2, -0.15) is 0 Å². The lowest BCUT2D eigenvalue weighted by molar-refractivity contribution is 0.0623. The van der Waals surface area contributed by atoms with Gasteiger partial charge < -0.3 is 4.42 Å². The second kappa shape index (κ2) is 3.03. The van der Waals surface area contributed by atoms with Crippen molar-refractivity contribution in [2.24, 2.45) is 11.3 Å². The molecule has 0 fully saturated rings. The zero-order chi connectivity index (χ0) is 11.4. The van der Waals surface area contributed by atoms with E-state index in [1.165, 1.54) is 30.6 Å². The van der Waals surface area contributed by atoms with E-state index in [1.54, 1.807) is 0 Å². The fourth-order valence-corrected chi connectivity index (χ4v) is 3.69. The van der Waals surface area contributed by atoms with E-state index in [4.69, 9.17) is 4.42 Å². The van der Waals surface area contributed by atoms with Gasteiger partial charge in [0.2, 0.25) is 0 Å². The summed E-state index contributed by atoms with van der Waals surface area (Å²) < 4.78 is 5.79. The minimum Gasteiger partial charge on any atom is -0.468 e. The Balaban J connectivity index is 2.22. The molecule has 1 aromatic heterocycles. The van der Waals surface area contributed by atoms with E-state index in [0.717, 1.165) is 5.92 Å². The Hall–Kier alpha value is -0.980. The van der Waals surface area contributed by atoms with Crippen molar-refractivity contribution in [1.29, 1.82) is 0 Å². The second-order valence-electron chi connectivity index (χ2n) is 5.93. The monoisotopic (exact) mass is 216 g/mol. The molecular weight excluding hydrogens is 196 g/mol. The number of allylic oxidation sites excluding steroid dienone is 2. The van der Waals surface area contributed by atoms with Crippen LogP contribution < -0.4 is 0 Å². The van der Waals surface area contributed by atoms with Crippen LogP contribution in [0.4, 0.5) is 0 Å². The lowest BCUT2D eigenvalue weighted by atomic mass is 9.51. The van der Waals surface area contributed by atoms with E-state index in [2.05, 4.69) is 39.0 Å². The van der Waals surface area contributed by atoms with Crippen LogP contribution in [-0.2, 0) is 11.8 Å². The highest BCUT2D eigenvalue weighted by molar-refractivity contribution is 5.38. The maximum Gasteiger partial charge on any atom is 0.117 e. The van der Waals surface area contributed by atoms with Gasteiger partial charge in [-0.25, -0.2) is 0 Å². The fraction of sp³-hybridized carbons (Fsp3) is 0.600. The van der Waals surface area contributed by atoms with Crippen LogP contribution in [0.15, 0.2) is 28.9 Å². The van der Waals surface area contributed by atoms with E-state index >= 15 is 0 Å². The minimum absolute atomic E-state index is 0.0990. The summed E-state index contributed by atoms with van der Waals surface area (Å²) in [6.07, 6.45) is 10.2. The summed E-state index contributed by atoms with van der Waals surface area (Å²) in [4.78, 5) is 0. The van der Waals surface area contributed by atoms with Gasteiger partial charge >= 0.3 is 0 Å². The van der Waals surface area contributed by atoms with E-state index in [-0.39, 0.29) is 5.41 Å². The van der Waals surface area contributed by atoms with Crippen molar-refractivity contribution in [2.45, 2.75) is 45.4 Å². The molecule has 0 saturated carbocycles. The lowest BCUT2D eigenvalue weighted by Crippen LogP contribution is -2.49. The van der Waals surface area contributed by atoms with Crippen LogP contribution in [0, 0.1) is 11.3 Å². The predicted molar refractivity (Wildman–Crippen MR) is 65.4 cm³/mol. The maximum atomic E-state index is 5.79. The molecular formula is C15H20O. The van der Waals surface area contributed by atoms with Gasteiger partial charge in [-0.3, -0.25) is 0 Å². The number of furan rings is 1. The highest BCUT2D eigenvalue weighted by atomic mass is 16.3.